The lowest BCUT2D eigenvalue weighted by Crippen LogP contribution is -2.16. The molecule has 0 aliphatic rings. The minimum atomic E-state index is -0.246. The van der Waals surface area contributed by atoms with Crippen molar-refractivity contribution in [3.8, 4) is 5.69 Å². The second kappa shape index (κ2) is 7.79. The fourth-order valence-corrected chi connectivity index (χ4v) is 3.85. The number of hydrogen-bond acceptors (Lipinski definition) is 6. The number of hydrogen-bond donors (Lipinski definition) is 1. The highest BCUT2D eigenvalue weighted by Crippen LogP contribution is 2.23. The van der Waals surface area contributed by atoms with Crippen molar-refractivity contribution in [2.24, 2.45) is 5.92 Å². The van der Waals surface area contributed by atoms with Crippen molar-refractivity contribution in [1.82, 2.24) is 19.7 Å². The highest BCUT2D eigenvalue weighted by molar-refractivity contribution is 7.98. The van der Waals surface area contributed by atoms with Gasteiger partial charge < -0.3 is 0 Å². The van der Waals surface area contributed by atoms with Gasteiger partial charge in [0.25, 0.3) is 5.91 Å². The highest BCUT2D eigenvalue weighted by atomic mass is 32.2. The van der Waals surface area contributed by atoms with Crippen LogP contribution in [0.15, 0.2) is 41.7 Å². The molecule has 130 valence electrons. The quantitative estimate of drug-likeness (QED) is 0.664. The SMILES string of the molecule is CSc1ncc(C(=O)Nc2nnc(CC(C)C)s2)n1-c1ccccc1. The van der Waals surface area contributed by atoms with Crippen LogP contribution in [0.4, 0.5) is 5.13 Å². The van der Waals surface area contributed by atoms with E-state index in [1.54, 1.807) is 6.20 Å². The molecule has 6 nitrogen and oxygen atoms in total. The molecule has 1 N–H and O–H groups in total. The zero-order valence-electron chi connectivity index (χ0n) is 14.3. The standard InChI is InChI=1S/C17H19N5OS2/c1-11(2)9-14-20-21-16(25-14)19-15(23)13-10-18-17(24-3)22(13)12-7-5-4-6-8-12/h4-8,10-11H,9H2,1-3H3,(H,19,21,23). The molecule has 25 heavy (non-hydrogen) atoms. The number of benzene rings is 1. The third-order valence-corrected chi connectivity index (χ3v) is 4.94. The Morgan fingerprint density at radius 3 is 2.72 bits per heavy atom. The molecule has 0 saturated carbocycles. The van der Waals surface area contributed by atoms with Crippen LogP contribution in [-0.4, -0.2) is 31.9 Å². The molecule has 8 heteroatoms. The summed E-state index contributed by atoms with van der Waals surface area (Å²) in [6.07, 6.45) is 4.38. The predicted molar refractivity (Wildman–Crippen MR) is 102 cm³/mol. The molecule has 3 rings (SSSR count). The van der Waals surface area contributed by atoms with Gasteiger partial charge in [0.05, 0.1) is 6.20 Å². The van der Waals surface area contributed by atoms with Gasteiger partial charge in [-0.1, -0.05) is 55.1 Å². The molecule has 0 radical (unpaired) electrons. The summed E-state index contributed by atoms with van der Waals surface area (Å²) < 4.78 is 1.84. The molecule has 3 aromatic rings. The minimum absolute atomic E-state index is 0.246. The zero-order chi connectivity index (χ0) is 17.8. The molecule has 2 aromatic heterocycles. The van der Waals surface area contributed by atoms with Crippen molar-refractivity contribution >= 4 is 34.1 Å². The number of amides is 1. The molecule has 0 atom stereocenters. The van der Waals surface area contributed by atoms with Gasteiger partial charge in [0.1, 0.15) is 10.7 Å². The van der Waals surface area contributed by atoms with Crippen LogP contribution in [0.2, 0.25) is 0 Å². The molecule has 0 bridgehead atoms. The van der Waals surface area contributed by atoms with E-state index in [9.17, 15) is 4.79 Å². The molecule has 0 unspecified atom stereocenters. The van der Waals surface area contributed by atoms with E-state index in [0.717, 1.165) is 22.3 Å². The zero-order valence-corrected chi connectivity index (χ0v) is 15.9. The molecule has 0 aliphatic carbocycles. The van der Waals surface area contributed by atoms with Crippen molar-refractivity contribution in [3.05, 3.63) is 47.2 Å². The first-order valence-corrected chi connectivity index (χ1v) is 9.93. The van der Waals surface area contributed by atoms with E-state index in [0.29, 0.717) is 16.7 Å². The number of thioether (sulfide) groups is 1. The summed E-state index contributed by atoms with van der Waals surface area (Å²) in [6.45, 7) is 4.25. The van der Waals surface area contributed by atoms with Crippen molar-refractivity contribution in [2.75, 3.05) is 11.6 Å². The third kappa shape index (κ3) is 4.08. The Kier molecular flexibility index (Phi) is 5.50. The Balaban J connectivity index is 1.85. The monoisotopic (exact) mass is 373 g/mol. The van der Waals surface area contributed by atoms with Crippen LogP contribution in [0, 0.1) is 5.92 Å². The molecule has 0 aliphatic heterocycles. The van der Waals surface area contributed by atoms with E-state index in [4.69, 9.17) is 0 Å². The maximum absolute atomic E-state index is 12.7. The summed E-state index contributed by atoms with van der Waals surface area (Å²) in [4.78, 5) is 17.1. The van der Waals surface area contributed by atoms with Crippen LogP contribution >= 0.6 is 23.1 Å². The van der Waals surface area contributed by atoms with Crippen molar-refractivity contribution in [2.45, 2.75) is 25.4 Å². The normalized spacial score (nSPS) is 11.0. The molecule has 0 spiro atoms. The first kappa shape index (κ1) is 17.6. The van der Waals surface area contributed by atoms with Gasteiger partial charge in [-0.25, -0.2) is 4.98 Å². The summed E-state index contributed by atoms with van der Waals surface area (Å²) >= 11 is 2.90. The van der Waals surface area contributed by atoms with E-state index in [1.807, 2.05) is 41.2 Å². The van der Waals surface area contributed by atoms with Gasteiger partial charge in [0.15, 0.2) is 5.16 Å². The molecular formula is C17H19N5OS2. The molecule has 0 saturated heterocycles. The first-order valence-electron chi connectivity index (χ1n) is 7.89. The van der Waals surface area contributed by atoms with Crippen LogP contribution in [0.1, 0.15) is 29.3 Å². The summed E-state index contributed by atoms with van der Waals surface area (Å²) in [7, 11) is 0. The maximum Gasteiger partial charge on any atom is 0.276 e. The number of imidazole rings is 1. The Labute approximate surface area is 154 Å². The fraction of sp³-hybridized carbons (Fsp3) is 0.294. The Morgan fingerprint density at radius 2 is 2.04 bits per heavy atom. The molecule has 0 fully saturated rings. The molecular weight excluding hydrogens is 354 g/mol. The molecule has 2 heterocycles. The van der Waals surface area contributed by atoms with Gasteiger partial charge in [-0.3, -0.25) is 14.7 Å². The number of aromatic nitrogens is 4. The van der Waals surface area contributed by atoms with Crippen molar-refractivity contribution in [3.63, 3.8) is 0 Å². The van der Waals surface area contributed by atoms with Crippen molar-refractivity contribution in [1.29, 1.82) is 0 Å². The summed E-state index contributed by atoms with van der Waals surface area (Å²) in [6, 6.07) is 9.71. The lowest BCUT2D eigenvalue weighted by atomic mass is 10.1. The number of nitrogens with zero attached hydrogens (tertiary/aromatic N) is 4. The Bertz CT molecular complexity index is 857. The number of carbonyl (C=O) groups is 1. The van der Waals surface area contributed by atoms with Crippen LogP contribution in [0.5, 0.6) is 0 Å². The fourth-order valence-electron chi connectivity index (χ4n) is 2.36. The van der Waals surface area contributed by atoms with Gasteiger partial charge in [0.2, 0.25) is 5.13 Å². The second-order valence-electron chi connectivity index (χ2n) is 5.85. The van der Waals surface area contributed by atoms with Gasteiger partial charge >= 0.3 is 0 Å². The van der Waals surface area contributed by atoms with E-state index < -0.39 is 0 Å². The average molecular weight is 374 g/mol. The van der Waals surface area contributed by atoms with E-state index in [-0.39, 0.29) is 5.91 Å². The predicted octanol–water partition coefficient (Wildman–Crippen LogP) is 3.90. The van der Waals surface area contributed by atoms with Crippen LogP contribution < -0.4 is 5.32 Å². The van der Waals surface area contributed by atoms with Crippen LogP contribution in [0.3, 0.4) is 0 Å². The lowest BCUT2D eigenvalue weighted by Gasteiger charge is -2.10. The summed E-state index contributed by atoms with van der Waals surface area (Å²) in [5.74, 6) is 0.254. The van der Waals surface area contributed by atoms with E-state index >= 15 is 0 Å². The van der Waals surface area contributed by atoms with E-state index in [2.05, 4.69) is 34.3 Å². The number of nitrogens with one attached hydrogen (secondary N) is 1. The smallest absolute Gasteiger partial charge is 0.276 e. The second-order valence-corrected chi connectivity index (χ2v) is 7.69. The van der Waals surface area contributed by atoms with Crippen molar-refractivity contribution < 1.29 is 4.79 Å². The lowest BCUT2D eigenvalue weighted by molar-refractivity contribution is 0.102. The van der Waals surface area contributed by atoms with Gasteiger partial charge in [0, 0.05) is 12.1 Å². The van der Waals surface area contributed by atoms with E-state index in [1.165, 1.54) is 23.1 Å². The number of anilines is 1. The van der Waals surface area contributed by atoms with Gasteiger partial charge in [-0.15, -0.1) is 10.2 Å². The summed E-state index contributed by atoms with van der Waals surface area (Å²) in [5, 5.41) is 13.2. The molecule has 1 aromatic carbocycles. The number of para-hydroxylation sites is 1. The molecule has 1 amide bonds. The first-order chi connectivity index (χ1) is 12.1. The third-order valence-electron chi connectivity index (χ3n) is 3.43. The summed E-state index contributed by atoms with van der Waals surface area (Å²) in [5.41, 5.74) is 1.36. The number of rotatable bonds is 6. The van der Waals surface area contributed by atoms with Crippen LogP contribution in [0.25, 0.3) is 5.69 Å². The Hall–Kier alpha value is -2.19. The number of carbonyl (C=O) groups excluding carboxylic acids is 1. The van der Waals surface area contributed by atoms with Gasteiger partial charge in [-0.05, 0) is 24.3 Å². The van der Waals surface area contributed by atoms with Gasteiger partial charge in [-0.2, -0.15) is 0 Å². The highest BCUT2D eigenvalue weighted by Gasteiger charge is 2.19. The maximum atomic E-state index is 12.7. The topological polar surface area (TPSA) is 72.7 Å². The Morgan fingerprint density at radius 1 is 1.28 bits per heavy atom. The van der Waals surface area contributed by atoms with Crippen LogP contribution in [-0.2, 0) is 6.42 Å². The largest absolute Gasteiger partial charge is 0.295 e. The minimum Gasteiger partial charge on any atom is -0.295 e. The average Bonchev–Trinajstić information content (AvgIpc) is 3.21.